The van der Waals surface area contributed by atoms with E-state index in [1.54, 1.807) is 0 Å². The summed E-state index contributed by atoms with van der Waals surface area (Å²) in [4.78, 5) is 27.0. The summed E-state index contributed by atoms with van der Waals surface area (Å²) in [7, 11) is 0. The monoisotopic (exact) mass is 352 g/mol. The van der Waals surface area contributed by atoms with Gasteiger partial charge in [-0.15, -0.1) is 0 Å². The van der Waals surface area contributed by atoms with Gasteiger partial charge in [0.05, 0.1) is 19.3 Å². The van der Waals surface area contributed by atoms with Gasteiger partial charge in [0.1, 0.15) is 5.60 Å². The van der Waals surface area contributed by atoms with Gasteiger partial charge in [0, 0.05) is 18.5 Å². The largest absolute Gasteiger partial charge is 0.444 e. The molecule has 0 unspecified atom stereocenters. The van der Waals surface area contributed by atoms with Gasteiger partial charge >= 0.3 is 6.09 Å². The van der Waals surface area contributed by atoms with Crippen molar-refractivity contribution in [2.75, 3.05) is 19.8 Å². The number of nitrogens with zero attached hydrogens (tertiary/aromatic N) is 1. The number of rotatable bonds is 3. The quantitative estimate of drug-likeness (QED) is 0.848. The van der Waals surface area contributed by atoms with E-state index < -0.39 is 5.60 Å². The Morgan fingerprint density at radius 2 is 1.76 bits per heavy atom. The van der Waals surface area contributed by atoms with Crippen molar-refractivity contribution in [1.29, 1.82) is 0 Å². The molecule has 1 N–H and O–H groups in total. The number of carbonyl (C=O) groups excluding carboxylic acids is 2. The molecule has 3 rings (SSSR count). The molecular weight excluding hydrogens is 320 g/mol. The van der Waals surface area contributed by atoms with Crippen LogP contribution in [0.4, 0.5) is 4.79 Å². The first kappa shape index (κ1) is 18.5. The summed E-state index contributed by atoms with van der Waals surface area (Å²) >= 11 is 0. The van der Waals surface area contributed by atoms with E-state index in [1.807, 2.05) is 20.8 Å². The predicted octanol–water partition coefficient (Wildman–Crippen LogP) is 2.71. The number of alkyl carbamates (subject to hydrolysis) is 1. The van der Waals surface area contributed by atoms with Crippen LogP contribution in [-0.4, -0.2) is 54.3 Å². The number of morpholine rings is 1. The Bertz CT molecular complexity index is 490. The van der Waals surface area contributed by atoms with Crippen LogP contribution in [0, 0.1) is 11.8 Å². The summed E-state index contributed by atoms with van der Waals surface area (Å²) < 4.78 is 10.9. The Balaban J connectivity index is 1.46. The highest BCUT2D eigenvalue weighted by molar-refractivity contribution is 5.79. The number of carbonyl (C=O) groups is 2. The fraction of sp³-hybridized carbons (Fsp3) is 0.895. The van der Waals surface area contributed by atoms with Gasteiger partial charge in [0.2, 0.25) is 5.91 Å². The number of nitrogens with one attached hydrogen (secondary N) is 1. The van der Waals surface area contributed by atoms with E-state index in [2.05, 4.69) is 10.2 Å². The van der Waals surface area contributed by atoms with Crippen LogP contribution in [-0.2, 0) is 14.3 Å². The van der Waals surface area contributed by atoms with E-state index in [1.165, 1.54) is 12.8 Å². The van der Waals surface area contributed by atoms with Crippen LogP contribution >= 0.6 is 0 Å². The molecule has 0 radical (unpaired) electrons. The molecule has 25 heavy (non-hydrogen) atoms. The highest BCUT2D eigenvalue weighted by atomic mass is 16.6. The lowest BCUT2D eigenvalue weighted by atomic mass is 9.84. The molecule has 1 heterocycles. The third kappa shape index (κ3) is 5.09. The molecule has 1 atom stereocenters. The molecule has 3 aliphatic rings. The highest BCUT2D eigenvalue weighted by Crippen LogP contribution is 2.38. The first-order valence-corrected chi connectivity index (χ1v) is 9.71. The fourth-order valence-corrected chi connectivity index (χ4v) is 3.96. The zero-order valence-corrected chi connectivity index (χ0v) is 15.8. The Hall–Kier alpha value is -1.30. The molecule has 0 aromatic heterocycles. The van der Waals surface area contributed by atoms with E-state index >= 15 is 0 Å². The lowest BCUT2D eigenvalue weighted by Crippen LogP contribution is -2.52. The second-order valence-corrected chi connectivity index (χ2v) is 8.71. The molecule has 6 heteroatoms. The third-order valence-electron chi connectivity index (χ3n) is 5.41. The van der Waals surface area contributed by atoms with Gasteiger partial charge in [0.15, 0.2) is 0 Å². The number of hydrogen-bond acceptors (Lipinski definition) is 4. The van der Waals surface area contributed by atoms with Crippen LogP contribution in [0.1, 0.15) is 59.3 Å². The summed E-state index contributed by atoms with van der Waals surface area (Å²) in [6.45, 7) is 7.68. The van der Waals surface area contributed by atoms with Crippen molar-refractivity contribution in [3.05, 3.63) is 0 Å². The van der Waals surface area contributed by atoms with Crippen LogP contribution < -0.4 is 5.32 Å². The summed E-state index contributed by atoms with van der Waals surface area (Å²) in [6, 6.07) is 0.404. The molecule has 3 fully saturated rings. The van der Waals surface area contributed by atoms with Gasteiger partial charge in [-0.2, -0.15) is 0 Å². The van der Waals surface area contributed by atoms with Gasteiger partial charge < -0.3 is 19.7 Å². The minimum absolute atomic E-state index is 0.0936. The van der Waals surface area contributed by atoms with Gasteiger partial charge in [-0.05, 0) is 65.2 Å². The maximum absolute atomic E-state index is 13.0. The normalized spacial score (nSPS) is 30.7. The van der Waals surface area contributed by atoms with E-state index in [-0.39, 0.29) is 18.1 Å². The summed E-state index contributed by atoms with van der Waals surface area (Å²) in [5, 5.41) is 2.95. The summed E-state index contributed by atoms with van der Waals surface area (Å²) in [5.41, 5.74) is -0.481. The van der Waals surface area contributed by atoms with Crippen LogP contribution in [0.15, 0.2) is 0 Å². The minimum Gasteiger partial charge on any atom is -0.444 e. The Labute approximate surface area is 150 Å². The second-order valence-electron chi connectivity index (χ2n) is 8.71. The van der Waals surface area contributed by atoms with Crippen molar-refractivity contribution in [1.82, 2.24) is 10.2 Å². The average molecular weight is 352 g/mol. The number of ether oxygens (including phenoxy) is 2. The third-order valence-corrected chi connectivity index (χ3v) is 5.41. The van der Waals surface area contributed by atoms with Crippen molar-refractivity contribution < 1.29 is 19.1 Å². The van der Waals surface area contributed by atoms with Crippen molar-refractivity contribution >= 4 is 12.0 Å². The van der Waals surface area contributed by atoms with Gasteiger partial charge in [-0.25, -0.2) is 4.79 Å². The molecular formula is C19H32N2O4. The Morgan fingerprint density at radius 1 is 1.08 bits per heavy atom. The van der Waals surface area contributed by atoms with Gasteiger partial charge in [0.25, 0.3) is 0 Å². The second kappa shape index (κ2) is 7.52. The SMILES string of the molecule is CC(C)(C)OC(=O)N[C@H]1CC[C@H](C(=O)N2CCOC[C@@H]2C2CC2)CC1. The molecule has 2 saturated carbocycles. The summed E-state index contributed by atoms with van der Waals surface area (Å²) in [6.07, 6.45) is 5.46. The van der Waals surface area contributed by atoms with E-state index in [0.717, 1.165) is 32.2 Å². The summed E-state index contributed by atoms with van der Waals surface area (Å²) in [5.74, 6) is 1.04. The standard InChI is InChI=1S/C19H32N2O4/c1-19(2,3)25-18(23)20-15-8-6-14(7-9-15)17(22)21-10-11-24-12-16(21)13-4-5-13/h13-16H,4-12H2,1-3H3,(H,20,23)/t14-,15-,16-/m1/s1. The Kier molecular flexibility index (Phi) is 5.56. The van der Waals surface area contributed by atoms with Crippen LogP contribution in [0.25, 0.3) is 0 Å². The van der Waals surface area contributed by atoms with Crippen LogP contribution in [0.3, 0.4) is 0 Å². The fourth-order valence-electron chi connectivity index (χ4n) is 3.96. The highest BCUT2D eigenvalue weighted by Gasteiger charge is 2.41. The van der Waals surface area contributed by atoms with Crippen molar-refractivity contribution in [2.24, 2.45) is 11.8 Å². The number of hydrogen-bond donors (Lipinski definition) is 1. The van der Waals surface area contributed by atoms with Gasteiger partial charge in [-0.1, -0.05) is 0 Å². The van der Waals surface area contributed by atoms with E-state index in [4.69, 9.17) is 9.47 Å². The van der Waals surface area contributed by atoms with Gasteiger partial charge in [-0.3, -0.25) is 4.79 Å². The molecule has 1 saturated heterocycles. The molecule has 2 aliphatic carbocycles. The predicted molar refractivity (Wildman–Crippen MR) is 94.2 cm³/mol. The smallest absolute Gasteiger partial charge is 0.407 e. The zero-order valence-electron chi connectivity index (χ0n) is 15.8. The molecule has 6 nitrogen and oxygen atoms in total. The van der Waals surface area contributed by atoms with Crippen LogP contribution in [0.5, 0.6) is 0 Å². The van der Waals surface area contributed by atoms with Crippen molar-refractivity contribution in [3.63, 3.8) is 0 Å². The lowest BCUT2D eigenvalue weighted by Gasteiger charge is -2.39. The maximum Gasteiger partial charge on any atom is 0.407 e. The molecule has 1 aliphatic heterocycles. The van der Waals surface area contributed by atoms with Crippen LogP contribution in [0.2, 0.25) is 0 Å². The van der Waals surface area contributed by atoms with E-state index in [0.29, 0.717) is 31.1 Å². The number of amides is 2. The van der Waals surface area contributed by atoms with Crippen molar-refractivity contribution in [2.45, 2.75) is 77.0 Å². The average Bonchev–Trinajstić information content (AvgIpc) is 3.38. The first-order valence-electron chi connectivity index (χ1n) is 9.71. The van der Waals surface area contributed by atoms with Crippen molar-refractivity contribution in [3.8, 4) is 0 Å². The minimum atomic E-state index is -0.481. The Morgan fingerprint density at radius 3 is 2.36 bits per heavy atom. The molecule has 0 spiro atoms. The maximum atomic E-state index is 13.0. The molecule has 2 amide bonds. The first-order chi connectivity index (χ1) is 11.8. The molecule has 0 aromatic rings. The zero-order chi connectivity index (χ0) is 18.0. The van der Waals surface area contributed by atoms with E-state index in [9.17, 15) is 9.59 Å². The topological polar surface area (TPSA) is 67.9 Å². The molecule has 0 aromatic carbocycles. The lowest BCUT2D eigenvalue weighted by molar-refractivity contribution is -0.146. The molecule has 0 bridgehead atoms. The molecule has 142 valence electrons.